The van der Waals surface area contributed by atoms with E-state index < -0.39 is 21.2 Å². The van der Waals surface area contributed by atoms with Gasteiger partial charge in [0.25, 0.3) is 11.4 Å². The van der Waals surface area contributed by atoms with Gasteiger partial charge in [0, 0.05) is 18.1 Å². The summed E-state index contributed by atoms with van der Waals surface area (Å²) in [5.41, 5.74) is -0.534. The van der Waals surface area contributed by atoms with Crippen molar-refractivity contribution in [3.05, 3.63) is 38.4 Å². The van der Waals surface area contributed by atoms with Crippen LogP contribution in [-0.4, -0.2) is 15.8 Å². The van der Waals surface area contributed by atoms with E-state index in [-0.39, 0.29) is 22.9 Å². The smallest absolute Gasteiger partial charge is 0.278 e. The van der Waals surface area contributed by atoms with Gasteiger partial charge in [-0.05, 0) is 37.0 Å². The monoisotopic (exact) mass is 349 g/mol. The van der Waals surface area contributed by atoms with E-state index in [0.29, 0.717) is 5.92 Å². The van der Waals surface area contributed by atoms with E-state index in [2.05, 4.69) is 26.1 Å². The van der Waals surface area contributed by atoms with E-state index in [0.717, 1.165) is 43.9 Å². The molecule has 8 heteroatoms. The number of benzene rings is 1. The molecule has 1 fully saturated rings. The lowest BCUT2D eigenvalue weighted by Crippen LogP contribution is -2.31. The highest BCUT2D eigenvalue weighted by Crippen LogP contribution is 2.40. The van der Waals surface area contributed by atoms with Crippen LogP contribution in [0.1, 0.15) is 46.5 Å². The van der Waals surface area contributed by atoms with Crippen LogP contribution in [-0.2, 0) is 4.79 Å². The molecule has 0 bridgehead atoms. The van der Waals surface area contributed by atoms with Crippen molar-refractivity contribution >= 4 is 23.0 Å². The summed E-state index contributed by atoms with van der Waals surface area (Å²) >= 11 is 0. The summed E-state index contributed by atoms with van der Waals surface area (Å²) in [6.45, 7) is 6.58. The Morgan fingerprint density at radius 2 is 1.48 bits per heavy atom. The number of hydrogen-bond donors (Lipinski definition) is 1. The highest BCUT2D eigenvalue weighted by molar-refractivity contribution is 5.93. The number of carbonyl (C=O) groups is 1. The first-order valence-corrected chi connectivity index (χ1v) is 8.32. The Hall–Kier alpha value is -2.51. The maximum atomic E-state index is 12.4. The van der Waals surface area contributed by atoms with Crippen molar-refractivity contribution in [2.24, 2.45) is 17.3 Å². The van der Waals surface area contributed by atoms with Gasteiger partial charge in [-0.1, -0.05) is 20.8 Å². The third-order valence-electron chi connectivity index (χ3n) is 4.91. The summed E-state index contributed by atoms with van der Waals surface area (Å²) in [4.78, 5) is 32.8. The number of nitrogens with zero attached hydrogens (tertiary/aromatic N) is 2. The van der Waals surface area contributed by atoms with Crippen molar-refractivity contribution in [2.45, 2.75) is 46.5 Å². The quantitative estimate of drug-likeness (QED) is 0.643. The standard InChI is InChI=1S/C17H23N3O5/c1-17(2,3)12-6-4-11(5-7-12)16(21)18-13-8-14(19(22)23)10-15(9-13)20(24)25/h8-12H,4-7H2,1-3H3,(H,18,21). The van der Waals surface area contributed by atoms with E-state index in [9.17, 15) is 25.0 Å². The minimum absolute atomic E-state index is 0.0869. The molecular weight excluding hydrogens is 326 g/mol. The molecule has 0 heterocycles. The van der Waals surface area contributed by atoms with E-state index in [1.165, 1.54) is 0 Å². The molecule has 136 valence electrons. The van der Waals surface area contributed by atoms with Crippen LogP contribution in [0.3, 0.4) is 0 Å². The summed E-state index contributed by atoms with van der Waals surface area (Å²) in [5.74, 6) is 0.162. The summed E-state index contributed by atoms with van der Waals surface area (Å²) < 4.78 is 0. The third kappa shape index (κ3) is 4.74. The van der Waals surface area contributed by atoms with Gasteiger partial charge in [-0.15, -0.1) is 0 Å². The van der Waals surface area contributed by atoms with Gasteiger partial charge >= 0.3 is 0 Å². The fraction of sp³-hybridized carbons (Fsp3) is 0.588. The van der Waals surface area contributed by atoms with Crippen LogP contribution in [0.25, 0.3) is 0 Å². The number of anilines is 1. The molecule has 0 atom stereocenters. The zero-order chi connectivity index (χ0) is 18.8. The highest BCUT2D eigenvalue weighted by atomic mass is 16.6. The van der Waals surface area contributed by atoms with Crippen molar-refractivity contribution in [3.8, 4) is 0 Å². The van der Waals surface area contributed by atoms with E-state index in [4.69, 9.17) is 0 Å². The normalized spacial score (nSPS) is 20.8. The van der Waals surface area contributed by atoms with Crippen LogP contribution in [0, 0.1) is 37.5 Å². The van der Waals surface area contributed by atoms with Crippen molar-refractivity contribution < 1.29 is 14.6 Å². The lowest BCUT2D eigenvalue weighted by Gasteiger charge is -2.36. The largest absolute Gasteiger partial charge is 0.325 e. The van der Waals surface area contributed by atoms with Gasteiger partial charge in [-0.3, -0.25) is 25.0 Å². The molecule has 1 N–H and O–H groups in total. The predicted molar refractivity (Wildman–Crippen MR) is 93.3 cm³/mol. The molecule has 1 aliphatic rings. The van der Waals surface area contributed by atoms with Crippen molar-refractivity contribution in [1.82, 2.24) is 0 Å². The number of nitro benzene ring substituents is 2. The number of hydrogen-bond acceptors (Lipinski definition) is 5. The molecule has 0 aliphatic heterocycles. The second-order valence-corrected chi connectivity index (χ2v) is 7.66. The molecule has 0 spiro atoms. The SMILES string of the molecule is CC(C)(C)C1CCC(C(=O)Nc2cc([N+](=O)[O-])cc([N+](=O)[O-])c2)CC1. The molecule has 0 radical (unpaired) electrons. The second-order valence-electron chi connectivity index (χ2n) is 7.66. The number of amides is 1. The van der Waals surface area contributed by atoms with E-state index in [1.807, 2.05) is 0 Å². The van der Waals surface area contributed by atoms with Gasteiger partial charge in [0.1, 0.15) is 0 Å². The topological polar surface area (TPSA) is 115 Å². The summed E-state index contributed by atoms with van der Waals surface area (Å²) in [5, 5.41) is 24.4. The molecule has 8 nitrogen and oxygen atoms in total. The number of nitro groups is 2. The van der Waals surface area contributed by atoms with Crippen LogP contribution < -0.4 is 5.32 Å². The van der Waals surface area contributed by atoms with Gasteiger partial charge in [0.15, 0.2) is 0 Å². The third-order valence-corrected chi connectivity index (χ3v) is 4.91. The Morgan fingerprint density at radius 1 is 1.00 bits per heavy atom. The fourth-order valence-corrected chi connectivity index (χ4v) is 3.34. The van der Waals surface area contributed by atoms with Crippen LogP contribution >= 0.6 is 0 Å². The minimum Gasteiger partial charge on any atom is -0.325 e. The summed E-state index contributed by atoms with van der Waals surface area (Å²) in [6.07, 6.45) is 3.42. The number of carbonyl (C=O) groups excluding carboxylic acids is 1. The number of rotatable bonds is 4. The summed E-state index contributed by atoms with van der Waals surface area (Å²) in [7, 11) is 0. The Bertz CT molecular complexity index is 656. The lowest BCUT2D eigenvalue weighted by atomic mass is 9.69. The van der Waals surface area contributed by atoms with Gasteiger partial charge in [0.05, 0.1) is 21.6 Å². The van der Waals surface area contributed by atoms with Crippen LogP contribution in [0.2, 0.25) is 0 Å². The zero-order valence-electron chi connectivity index (χ0n) is 14.7. The maximum Gasteiger partial charge on any atom is 0.278 e. The van der Waals surface area contributed by atoms with Crippen LogP contribution in [0.15, 0.2) is 18.2 Å². The van der Waals surface area contributed by atoms with Crippen LogP contribution in [0.5, 0.6) is 0 Å². The molecule has 1 saturated carbocycles. The zero-order valence-corrected chi connectivity index (χ0v) is 14.7. The molecule has 25 heavy (non-hydrogen) atoms. The Kier molecular flexibility index (Phi) is 5.39. The molecule has 1 amide bonds. The van der Waals surface area contributed by atoms with Crippen molar-refractivity contribution in [2.75, 3.05) is 5.32 Å². The Morgan fingerprint density at radius 3 is 1.88 bits per heavy atom. The Labute approximate surface area is 145 Å². The minimum atomic E-state index is -0.711. The average Bonchev–Trinajstić information content (AvgIpc) is 2.53. The number of nitrogens with one attached hydrogen (secondary N) is 1. The molecule has 0 aromatic heterocycles. The van der Waals surface area contributed by atoms with Gasteiger partial charge < -0.3 is 5.32 Å². The van der Waals surface area contributed by atoms with Gasteiger partial charge in [-0.25, -0.2) is 0 Å². The number of non-ortho nitro benzene ring substituents is 2. The Balaban J connectivity index is 2.08. The first kappa shape index (κ1) is 18.8. The fourth-order valence-electron chi connectivity index (χ4n) is 3.34. The lowest BCUT2D eigenvalue weighted by molar-refractivity contribution is -0.394. The first-order valence-electron chi connectivity index (χ1n) is 8.32. The molecule has 0 saturated heterocycles. The van der Waals surface area contributed by atoms with Crippen LogP contribution in [0.4, 0.5) is 17.1 Å². The van der Waals surface area contributed by atoms with E-state index in [1.54, 1.807) is 0 Å². The average molecular weight is 349 g/mol. The summed E-state index contributed by atoms with van der Waals surface area (Å²) in [6, 6.07) is 3.17. The predicted octanol–water partition coefficient (Wildman–Crippen LogP) is 4.29. The molecule has 2 rings (SSSR count). The highest BCUT2D eigenvalue weighted by Gasteiger charge is 2.32. The molecule has 1 aromatic carbocycles. The maximum absolute atomic E-state index is 12.4. The second kappa shape index (κ2) is 7.16. The van der Waals surface area contributed by atoms with E-state index >= 15 is 0 Å². The molecular formula is C17H23N3O5. The first-order chi connectivity index (χ1) is 11.6. The molecule has 0 unspecified atom stereocenters. The van der Waals surface area contributed by atoms with Crippen molar-refractivity contribution in [3.63, 3.8) is 0 Å². The molecule has 1 aliphatic carbocycles. The van der Waals surface area contributed by atoms with Gasteiger partial charge in [-0.2, -0.15) is 0 Å². The van der Waals surface area contributed by atoms with Gasteiger partial charge in [0.2, 0.25) is 5.91 Å². The van der Waals surface area contributed by atoms with Crippen molar-refractivity contribution in [1.29, 1.82) is 0 Å². The molecule has 1 aromatic rings.